The number of carbonyl (C=O) groups excluding carboxylic acids is 3. The number of hydrogen-bond acceptors (Lipinski definition) is 4. The van der Waals surface area contributed by atoms with E-state index in [0.717, 1.165) is 0 Å². The summed E-state index contributed by atoms with van der Waals surface area (Å²) in [4.78, 5) is 35.7. The molecule has 1 N–H and O–H groups in total. The Kier molecular flexibility index (Phi) is 3.46. The van der Waals surface area contributed by atoms with E-state index in [0.29, 0.717) is 5.56 Å². The third kappa shape index (κ3) is 2.27. The Bertz CT molecular complexity index is 601. The number of ether oxygens (including phenoxy) is 1. The minimum Gasteiger partial charge on any atom is -0.488 e. The van der Waals surface area contributed by atoms with E-state index in [1.54, 1.807) is 31.2 Å². The van der Waals surface area contributed by atoms with Crippen LogP contribution in [-0.4, -0.2) is 24.1 Å². The number of rotatable bonds is 3. The topological polar surface area (TPSA) is 72.5 Å². The van der Waals surface area contributed by atoms with Gasteiger partial charge in [0.1, 0.15) is 5.70 Å². The van der Waals surface area contributed by atoms with Gasteiger partial charge in [0, 0.05) is 18.1 Å². The lowest BCUT2D eigenvalue weighted by atomic mass is 9.91. The van der Waals surface area contributed by atoms with Crippen molar-refractivity contribution in [2.75, 3.05) is 6.61 Å². The molecule has 98 valence electrons. The van der Waals surface area contributed by atoms with E-state index in [1.807, 2.05) is 0 Å². The minimum absolute atomic E-state index is 0.0851. The van der Waals surface area contributed by atoms with Crippen molar-refractivity contribution in [2.45, 2.75) is 13.8 Å². The summed E-state index contributed by atoms with van der Waals surface area (Å²) in [5.41, 5.74) is 0.489. The maximum atomic E-state index is 12.3. The van der Waals surface area contributed by atoms with Gasteiger partial charge in [0.2, 0.25) is 17.5 Å². The fraction of sp³-hybridized carbons (Fsp3) is 0.214. The lowest BCUT2D eigenvalue weighted by molar-refractivity contribution is -0.118. The number of allylic oxidation sites excluding steroid dienone is 2. The maximum Gasteiger partial charge on any atom is 0.230 e. The van der Waals surface area contributed by atoms with Crippen LogP contribution in [-0.2, 0) is 9.53 Å². The monoisotopic (exact) mass is 259 g/mol. The first-order chi connectivity index (χ1) is 9.06. The summed E-state index contributed by atoms with van der Waals surface area (Å²) in [6, 6.07) is 6.47. The molecule has 0 aromatic heterocycles. The zero-order valence-electron chi connectivity index (χ0n) is 10.6. The summed E-state index contributed by atoms with van der Waals surface area (Å²) in [6.45, 7) is 3.21. The van der Waals surface area contributed by atoms with Gasteiger partial charge in [-0.05, 0) is 6.92 Å². The first-order valence-electron chi connectivity index (χ1n) is 5.89. The fourth-order valence-corrected chi connectivity index (χ4v) is 1.92. The number of benzene rings is 1. The molecule has 0 atom stereocenters. The Labute approximate surface area is 110 Å². The first-order valence-corrected chi connectivity index (χ1v) is 5.89. The van der Waals surface area contributed by atoms with Crippen LogP contribution in [0.1, 0.15) is 34.6 Å². The van der Waals surface area contributed by atoms with E-state index < -0.39 is 11.7 Å². The third-order valence-corrected chi connectivity index (χ3v) is 2.67. The first kappa shape index (κ1) is 13.0. The average molecular weight is 259 g/mol. The zero-order chi connectivity index (χ0) is 14.0. The summed E-state index contributed by atoms with van der Waals surface area (Å²) >= 11 is 0. The van der Waals surface area contributed by atoms with Gasteiger partial charge in [-0.25, -0.2) is 0 Å². The Morgan fingerprint density at radius 3 is 2.26 bits per heavy atom. The molecule has 0 spiro atoms. The van der Waals surface area contributed by atoms with Crippen LogP contribution in [0.5, 0.6) is 0 Å². The Hall–Kier alpha value is -2.43. The summed E-state index contributed by atoms with van der Waals surface area (Å²) < 4.78 is 5.23. The molecular weight excluding hydrogens is 246 g/mol. The van der Waals surface area contributed by atoms with Crippen LogP contribution in [0.3, 0.4) is 0 Å². The van der Waals surface area contributed by atoms with Gasteiger partial charge in [-0.15, -0.1) is 0 Å². The molecule has 1 aliphatic rings. The lowest BCUT2D eigenvalue weighted by Crippen LogP contribution is -2.33. The molecule has 1 aromatic carbocycles. The second-order valence-electron chi connectivity index (χ2n) is 4.02. The van der Waals surface area contributed by atoms with E-state index in [1.165, 1.54) is 6.92 Å². The number of nitrogens with one attached hydrogen (secondary N) is 1. The molecule has 19 heavy (non-hydrogen) atoms. The molecule has 0 aliphatic heterocycles. The molecule has 1 aromatic rings. The van der Waals surface area contributed by atoms with Gasteiger partial charge in [-0.2, -0.15) is 0 Å². The van der Waals surface area contributed by atoms with Crippen molar-refractivity contribution in [3.63, 3.8) is 0 Å². The number of Topliss-reactive ketones (excluding diaryl/α,β-unsaturated/α-hetero) is 2. The van der Waals surface area contributed by atoms with Crippen molar-refractivity contribution in [2.24, 2.45) is 0 Å². The molecule has 0 saturated carbocycles. The molecule has 0 unspecified atom stereocenters. The van der Waals surface area contributed by atoms with Crippen molar-refractivity contribution in [3.05, 3.63) is 46.8 Å². The molecule has 0 heterocycles. The summed E-state index contributed by atoms with van der Waals surface area (Å²) in [7, 11) is 0. The van der Waals surface area contributed by atoms with Crippen LogP contribution in [0.15, 0.2) is 35.7 Å². The quantitative estimate of drug-likeness (QED) is 0.891. The normalized spacial score (nSPS) is 14.2. The largest absolute Gasteiger partial charge is 0.488 e. The molecule has 0 radical (unpaired) electrons. The fourth-order valence-electron chi connectivity index (χ4n) is 1.92. The van der Waals surface area contributed by atoms with Gasteiger partial charge in [-0.3, -0.25) is 14.4 Å². The number of amides is 1. The van der Waals surface area contributed by atoms with Crippen molar-refractivity contribution in [1.29, 1.82) is 0 Å². The van der Waals surface area contributed by atoms with Gasteiger partial charge >= 0.3 is 0 Å². The van der Waals surface area contributed by atoms with Gasteiger partial charge in [0.15, 0.2) is 5.76 Å². The van der Waals surface area contributed by atoms with Gasteiger partial charge in [-0.1, -0.05) is 24.3 Å². The van der Waals surface area contributed by atoms with Crippen LogP contribution in [0.2, 0.25) is 0 Å². The highest BCUT2D eigenvalue weighted by atomic mass is 16.5. The summed E-state index contributed by atoms with van der Waals surface area (Å²) in [5.74, 6) is -1.32. The van der Waals surface area contributed by atoms with Crippen molar-refractivity contribution in [3.8, 4) is 0 Å². The van der Waals surface area contributed by atoms with E-state index >= 15 is 0 Å². The average Bonchev–Trinajstić information content (AvgIpc) is 2.39. The van der Waals surface area contributed by atoms with Gasteiger partial charge < -0.3 is 10.1 Å². The molecular formula is C14H13NO4. The SMILES string of the molecule is CCOC1=C(NC(C)=O)C(=O)c2ccccc2C1=O. The standard InChI is InChI=1S/C14H13NO4/c1-3-19-14-11(15-8(2)16)12(17)9-6-4-5-7-10(9)13(14)18/h4-7H,3H2,1-2H3,(H,15,16). The maximum absolute atomic E-state index is 12.3. The van der Waals surface area contributed by atoms with Crippen molar-refractivity contribution < 1.29 is 19.1 Å². The highest BCUT2D eigenvalue weighted by Gasteiger charge is 2.33. The van der Waals surface area contributed by atoms with Gasteiger partial charge in [0.25, 0.3) is 0 Å². The predicted molar refractivity (Wildman–Crippen MR) is 67.6 cm³/mol. The van der Waals surface area contributed by atoms with Gasteiger partial charge in [0.05, 0.1) is 6.61 Å². The predicted octanol–water partition coefficient (Wildman–Crippen LogP) is 1.45. The van der Waals surface area contributed by atoms with E-state index in [4.69, 9.17) is 4.74 Å². The van der Waals surface area contributed by atoms with E-state index in [-0.39, 0.29) is 29.4 Å². The number of fused-ring (bicyclic) bond motifs is 1. The molecule has 5 heteroatoms. The summed E-state index contributed by atoms with van der Waals surface area (Å²) in [6.07, 6.45) is 0. The van der Waals surface area contributed by atoms with Crippen LogP contribution < -0.4 is 5.32 Å². The van der Waals surface area contributed by atoms with Crippen molar-refractivity contribution in [1.82, 2.24) is 5.32 Å². The molecule has 0 saturated heterocycles. The molecule has 0 fully saturated rings. The van der Waals surface area contributed by atoms with Crippen LogP contribution in [0.4, 0.5) is 0 Å². The third-order valence-electron chi connectivity index (χ3n) is 2.67. The molecule has 0 bridgehead atoms. The zero-order valence-corrected chi connectivity index (χ0v) is 10.6. The Morgan fingerprint density at radius 2 is 1.74 bits per heavy atom. The molecule has 1 amide bonds. The minimum atomic E-state index is -0.423. The van der Waals surface area contributed by atoms with Crippen molar-refractivity contribution >= 4 is 17.5 Å². The number of hydrogen-bond donors (Lipinski definition) is 1. The molecule has 1 aliphatic carbocycles. The Balaban J connectivity index is 2.58. The number of carbonyl (C=O) groups is 3. The van der Waals surface area contributed by atoms with Crippen LogP contribution in [0, 0.1) is 0 Å². The lowest BCUT2D eigenvalue weighted by Gasteiger charge is -2.20. The summed E-state index contributed by atoms with van der Waals surface area (Å²) in [5, 5.41) is 2.38. The second kappa shape index (κ2) is 5.06. The molecule has 2 rings (SSSR count). The van der Waals surface area contributed by atoms with Crippen LogP contribution >= 0.6 is 0 Å². The molecule has 5 nitrogen and oxygen atoms in total. The smallest absolute Gasteiger partial charge is 0.230 e. The van der Waals surface area contributed by atoms with Crippen LogP contribution in [0.25, 0.3) is 0 Å². The highest BCUT2D eigenvalue weighted by Crippen LogP contribution is 2.25. The number of ketones is 2. The highest BCUT2D eigenvalue weighted by molar-refractivity contribution is 6.26. The Morgan fingerprint density at radius 1 is 1.16 bits per heavy atom. The second-order valence-corrected chi connectivity index (χ2v) is 4.02. The van der Waals surface area contributed by atoms with E-state index in [9.17, 15) is 14.4 Å². The van der Waals surface area contributed by atoms with E-state index in [2.05, 4.69) is 5.32 Å².